The molecule has 8 heteroatoms. The number of carboxylic acid groups (broad SMARTS) is 1. The van der Waals surface area contributed by atoms with Crippen LogP contribution in [0.15, 0.2) is 0 Å². The topological polar surface area (TPSA) is 128 Å². The Labute approximate surface area is 79.2 Å². The second-order valence-electron chi connectivity index (χ2n) is 2.42. The van der Waals surface area contributed by atoms with Gasteiger partial charge in [0.1, 0.15) is 6.04 Å². The van der Waals surface area contributed by atoms with E-state index in [1.807, 2.05) is 5.32 Å². The van der Waals surface area contributed by atoms with Gasteiger partial charge < -0.3 is 15.7 Å². The molecular formula is C6H11N3O5. The summed E-state index contributed by atoms with van der Waals surface area (Å²) in [5.41, 5.74) is 1.31. The van der Waals surface area contributed by atoms with Gasteiger partial charge in [0.25, 0.3) is 5.91 Å². The van der Waals surface area contributed by atoms with Gasteiger partial charge in [-0.15, -0.1) is 0 Å². The Balaban J connectivity index is 4.17. The molecule has 0 aromatic carbocycles. The highest BCUT2D eigenvalue weighted by Gasteiger charge is 2.19. The van der Waals surface area contributed by atoms with Crippen LogP contribution in [-0.2, 0) is 9.59 Å². The van der Waals surface area contributed by atoms with Crippen LogP contribution in [0.1, 0.15) is 6.92 Å². The Bertz CT molecular complexity index is 242. The number of hydrogen-bond donors (Lipinski definition) is 5. The minimum absolute atomic E-state index is 0.318. The van der Waals surface area contributed by atoms with E-state index in [0.29, 0.717) is 0 Å². The fourth-order valence-corrected chi connectivity index (χ4v) is 0.722. The van der Waals surface area contributed by atoms with Crippen molar-refractivity contribution in [2.75, 3.05) is 6.54 Å². The van der Waals surface area contributed by atoms with E-state index < -0.39 is 23.9 Å². The number of hydrogen-bond acceptors (Lipinski definition) is 4. The summed E-state index contributed by atoms with van der Waals surface area (Å²) in [6.07, 6.45) is -1.33. The molecule has 0 aromatic heterocycles. The largest absolute Gasteiger partial charge is 0.465 e. The molecule has 0 saturated carbocycles. The van der Waals surface area contributed by atoms with Gasteiger partial charge in [0.15, 0.2) is 0 Å². The van der Waals surface area contributed by atoms with Crippen molar-refractivity contribution in [3.8, 4) is 0 Å². The first kappa shape index (κ1) is 12.2. The highest BCUT2D eigenvalue weighted by molar-refractivity contribution is 5.86. The van der Waals surface area contributed by atoms with Gasteiger partial charge in [-0.05, 0) is 0 Å². The molecule has 0 aliphatic heterocycles. The van der Waals surface area contributed by atoms with Crippen molar-refractivity contribution in [2.45, 2.75) is 13.0 Å². The fraction of sp³-hybridized carbons (Fsp3) is 0.500. The monoisotopic (exact) mass is 205 g/mol. The minimum Gasteiger partial charge on any atom is -0.465 e. The van der Waals surface area contributed by atoms with E-state index >= 15 is 0 Å². The van der Waals surface area contributed by atoms with Gasteiger partial charge in [-0.1, -0.05) is 0 Å². The van der Waals surface area contributed by atoms with Crippen molar-refractivity contribution in [3.63, 3.8) is 0 Å². The zero-order valence-corrected chi connectivity index (χ0v) is 7.40. The van der Waals surface area contributed by atoms with Crippen LogP contribution in [0.4, 0.5) is 4.79 Å². The molecule has 0 aromatic rings. The van der Waals surface area contributed by atoms with Crippen molar-refractivity contribution in [1.29, 1.82) is 0 Å². The van der Waals surface area contributed by atoms with Gasteiger partial charge in [-0.2, -0.15) is 0 Å². The summed E-state index contributed by atoms with van der Waals surface area (Å²) in [6, 6.07) is -1.13. The van der Waals surface area contributed by atoms with Gasteiger partial charge in [0, 0.05) is 6.92 Å². The SMILES string of the molecule is CC(=O)NC(CNC(=O)O)C(=O)NO. The van der Waals surface area contributed by atoms with E-state index in [2.05, 4.69) is 5.32 Å². The molecule has 0 heterocycles. The molecule has 1 atom stereocenters. The third-order valence-corrected chi connectivity index (χ3v) is 1.26. The van der Waals surface area contributed by atoms with Crippen LogP contribution in [0.25, 0.3) is 0 Å². The summed E-state index contributed by atoms with van der Waals surface area (Å²) < 4.78 is 0. The quantitative estimate of drug-likeness (QED) is 0.275. The molecule has 0 aliphatic rings. The maximum absolute atomic E-state index is 10.9. The molecule has 3 amide bonds. The summed E-state index contributed by atoms with van der Waals surface area (Å²) in [4.78, 5) is 31.5. The van der Waals surface area contributed by atoms with Gasteiger partial charge in [0.05, 0.1) is 6.54 Å². The first-order chi connectivity index (χ1) is 6.47. The average Bonchev–Trinajstić information content (AvgIpc) is 2.10. The lowest BCUT2D eigenvalue weighted by atomic mass is 10.3. The number of amides is 3. The van der Waals surface area contributed by atoms with Crippen LogP contribution in [0.3, 0.4) is 0 Å². The predicted octanol–water partition coefficient (Wildman–Crippen LogP) is -1.74. The molecule has 0 rings (SSSR count). The van der Waals surface area contributed by atoms with Crippen molar-refractivity contribution in [1.82, 2.24) is 16.1 Å². The van der Waals surface area contributed by atoms with E-state index in [0.717, 1.165) is 0 Å². The normalized spacial score (nSPS) is 11.3. The number of hydroxylamine groups is 1. The molecule has 0 spiro atoms. The Hall–Kier alpha value is -1.83. The smallest absolute Gasteiger partial charge is 0.404 e. The van der Waals surface area contributed by atoms with Crippen LogP contribution in [0.2, 0.25) is 0 Å². The number of carbonyl (C=O) groups excluding carboxylic acids is 2. The number of carbonyl (C=O) groups is 3. The molecule has 0 saturated heterocycles. The minimum atomic E-state index is -1.33. The van der Waals surface area contributed by atoms with Crippen LogP contribution in [0, 0.1) is 0 Å². The van der Waals surface area contributed by atoms with Gasteiger partial charge in [0.2, 0.25) is 5.91 Å². The maximum atomic E-state index is 10.9. The molecule has 14 heavy (non-hydrogen) atoms. The number of nitrogens with one attached hydrogen (secondary N) is 3. The van der Waals surface area contributed by atoms with Crippen LogP contribution in [0.5, 0.6) is 0 Å². The van der Waals surface area contributed by atoms with E-state index in [9.17, 15) is 14.4 Å². The molecule has 1 unspecified atom stereocenters. The standard InChI is InChI=1S/C6H11N3O5/c1-3(10)8-4(5(11)9-14)2-7-6(12)13/h4,7,14H,2H2,1H3,(H,8,10)(H,9,11)(H,12,13). The van der Waals surface area contributed by atoms with E-state index in [4.69, 9.17) is 10.3 Å². The van der Waals surface area contributed by atoms with Gasteiger partial charge in [-0.25, -0.2) is 10.3 Å². The molecule has 80 valence electrons. The third kappa shape index (κ3) is 4.93. The Morgan fingerprint density at radius 1 is 1.36 bits per heavy atom. The molecule has 5 N–H and O–H groups in total. The zero-order chi connectivity index (χ0) is 11.1. The van der Waals surface area contributed by atoms with E-state index in [1.54, 1.807) is 0 Å². The van der Waals surface area contributed by atoms with E-state index in [-0.39, 0.29) is 6.54 Å². The Morgan fingerprint density at radius 2 is 1.93 bits per heavy atom. The summed E-state index contributed by atoms with van der Waals surface area (Å²) in [5.74, 6) is -1.40. The zero-order valence-electron chi connectivity index (χ0n) is 7.40. The second-order valence-corrected chi connectivity index (χ2v) is 2.42. The molecule has 0 aliphatic carbocycles. The first-order valence-corrected chi connectivity index (χ1v) is 3.65. The molecule has 8 nitrogen and oxygen atoms in total. The molecule has 0 radical (unpaired) electrons. The van der Waals surface area contributed by atoms with Gasteiger partial charge >= 0.3 is 6.09 Å². The molecular weight excluding hydrogens is 194 g/mol. The molecule has 0 bridgehead atoms. The fourth-order valence-electron chi connectivity index (χ4n) is 0.722. The van der Waals surface area contributed by atoms with Crippen molar-refractivity contribution in [2.24, 2.45) is 0 Å². The highest BCUT2D eigenvalue weighted by atomic mass is 16.5. The second kappa shape index (κ2) is 5.75. The molecule has 0 fully saturated rings. The number of rotatable bonds is 4. The van der Waals surface area contributed by atoms with Crippen molar-refractivity contribution < 1.29 is 24.7 Å². The lowest BCUT2D eigenvalue weighted by Gasteiger charge is -2.14. The Kier molecular flexibility index (Phi) is 5.00. The first-order valence-electron chi connectivity index (χ1n) is 3.65. The summed E-state index contributed by atoms with van der Waals surface area (Å²) in [7, 11) is 0. The maximum Gasteiger partial charge on any atom is 0.404 e. The van der Waals surface area contributed by atoms with Crippen LogP contribution in [-0.4, -0.2) is 40.8 Å². The average molecular weight is 205 g/mol. The highest BCUT2D eigenvalue weighted by Crippen LogP contribution is 1.82. The summed E-state index contributed by atoms with van der Waals surface area (Å²) in [6.45, 7) is 0.847. The van der Waals surface area contributed by atoms with Crippen molar-refractivity contribution >= 4 is 17.9 Å². The Morgan fingerprint density at radius 3 is 2.29 bits per heavy atom. The third-order valence-electron chi connectivity index (χ3n) is 1.26. The van der Waals surface area contributed by atoms with Gasteiger partial charge in [-0.3, -0.25) is 14.8 Å². The summed E-state index contributed by atoms with van der Waals surface area (Å²) in [5, 5.41) is 20.5. The van der Waals surface area contributed by atoms with Crippen molar-refractivity contribution in [3.05, 3.63) is 0 Å². The lowest BCUT2D eigenvalue weighted by Crippen LogP contribution is -2.51. The predicted molar refractivity (Wildman–Crippen MR) is 43.6 cm³/mol. The lowest BCUT2D eigenvalue weighted by molar-refractivity contribution is -0.134. The van der Waals surface area contributed by atoms with Crippen LogP contribution >= 0.6 is 0 Å². The van der Waals surface area contributed by atoms with E-state index in [1.165, 1.54) is 12.4 Å². The summed E-state index contributed by atoms with van der Waals surface area (Å²) >= 11 is 0. The van der Waals surface area contributed by atoms with Crippen LogP contribution < -0.4 is 16.1 Å².